The second-order valence-electron chi connectivity index (χ2n) is 6.44. The highest BCUT2D eigenvalue weighted by molar-refractivity contribution is 9.10. The lowest BCUT2D eigenvalue weighted by Gasteiger charge is -2.37. The molecule has 130 valence electrons. The SMILES string of the molecule is COCC1(CNC(=O)c2n[nH]c(C3CC3)c2Br)CCNCC1.Cl. The molecule has 1 saturated heterocycles. The lowest BCUT2D eigenvalue weighted by molar-refractivity contribution is 0.0510. The molecule has 0 bridgehead atoms. The van der Waals surface area contributed by atoms with E-state index < -0.39 is 0 Å². The van der Waals surface area contributed by atoms with Gasteiger partial charge in [0, 0.05) is 25.0 Å². The van der Waals surface area contributed by atoms with Gasteiger partial charge in [-0.2, -0.15) is 5.10 Å². The number of piperidine rings is 1. The van der Waals surface area contributed by atoms with Gasteiger partial charge < -0.3 is 15.4 Å². The third-order valence-corrected chi connectivity index (χ3v) is 5.47. The number of nitrogens with one attached hydrogen (secondary N) is 3. The Balaban J connectivity index is 0.00000192. The fourth-order valence-electron chi connectivity index (χ4n) is 3.12. The minimum Gasteiger partial charge on any atom is -0.384 e. The largest absolute Gasteiger partial charge is 0.384 e. The van der Waals surface area contributed by atoms with E-state index in [0.717, 1.165) is 36.1 Å². The third kappa shape index (κ3) is 4.26. The van der Waals surface area contributed by atoms with Gasteiger partial charge in [-0.1, -0.05) is 0 Å². The Morgan fingerprint density at radius 3 is 2.74 bits per heavy atom. The van der Waals surface area contributed by atoms with Crippen molar-refractivity contribution >= 4 is 34.2 Å². The predicted molar refractivity (Wildman–Crippen MR) is 94.3 cm³/mol. The molecule has 1 saturated carbocycles. The number of hydrogen-bond acceptors (Lipinski definition) is 4. The minimum atomic E-state index is -0.121. The van der Waals surface area contributed by atoms with E-state index in [1.54, 1.807) is 7.11 Å². The first-order valence-electron chi connectivity index (χ1n) is 7.87. The zero-order valence-electron chi connectivity index (χ0n) is 13.3. The summed E-state index contributed by atoms with van der Waals surface area (Å²) < 4.78 is 6.20. The first-order chi connectivity index (χ1) is 10.7. The van der Waals surface area contributed by atoms with Gasteiger partial charge in [-0.15, -0.1) is 12.4 Å². The Bertz CT molecular complexity index is 536. The van der Waals surface area contributed by atoms with E-state index in [0.29, 0.717) is 24.8 Å². The van der Waals surface area contributed by atoms with Crippen molar-refractivity contribution in [1.82, 2.24) is 20.8 Å². The number of aromatic amines is 1. The molecule has 2 fully saturated rings. The average Bonchev–Trinajstić information content (AvgIpc) is 3.29. The molecule has 1 aromatic heterocycles. The van der Waals surface area contributed by atoms with Gasteiger partial charge in [0.25, 0.3) is 5.91 Å². The molecule has 0 atom stereocenters. The molecular weight excluding hydrogens is 384 g/mol. The van der Waals surface area contributed by atoms with Gasteiger partial charge in [0.1, 0.15) is 0 Å². The molecule has 0 radical (unpaired) electrons. The minimum absolute atomic E-state index is 0. The quantitative estimate of drug-likeness (QED) is 0.675. The van der Waals surface area contributed by atoms with Gasteiger partial charge in [0.15, 0.2) is 5.69 Å². The summed E-state index contributed by atoms with van der Waals surface area (Å²) in [4.78, 5) is 12.4. The van der Waals surface area contributed by atoms with Crippen LogP contribution in [0.3, 0.4) is 0 Å². The molecular formula is C15H24BrClN4O2. The van der Waals surface area contributed by atoms with Crippen molar-refractivity contribution in [2.45, 2.75) is 31.6 Å². The number of carbonyl (C=O) groups is 1. The van der Waals surface area contributed by atoms with Crippen LogP contribution in [0.5, 0.6) is 0 Å². The number of nitrogens with zero attached hydrogens (tertiary/aromatic N) is 1. The van der Waals surface area contributed by atoms with E-state index in [9.17, 15) is 4.79 Å². The van der Waals surface area contributed by atoms with Gasteiger partial charge in [-0.25, -0.2) is 0 Å². The van der Waals surface area contributed by atoms with Crippen LogP contribution in [0.15, 0.2) is 4.47 Å². The molecule has 2 aliphatic rings. The number of ether oxygens (including phenoxy) is 1. The molecule has 3 N–H and O–H groups in total. The van der Waals surface area contributed by atoms with Crippen LogP contribution in [0, 0.1) is 5.41 Å². The van der Waals surface area contributed by atoms with Gasteiger partial charge in [0.05, 0.1) is 16.8 Å². The molecule has 0 unspecified atom stereocenters. The molecule has 6 nitrogen and oxygen atoms in total. The van der Waals surface area contributed by atoms with E-state index >= 15 is 0 Å². The van der Waals surface area contributed by atoms with Crippen LogP contribution in [0.25, 0.3) is 0 Å². The van der Waals surface area contributed by atoms with Crippen molar-refractivity contribution < 1.29 is 9.53 Å². The Hall–Kier alpha value is -0.630. The van der Waals surface area contributed by atoms with Crippen molar-refractivity contribution in [3.63, 3.8) is 0 Å². The number of aromatic nitrogens is 2. The molecule has 1 aliphatic heterocycles. The van der Waals surface area contributed by atoms with E-state index in [-0.39, 0.29) is 23.7 Å². The van der Waals surface area contributed by atoms with Gasteiger partial charge >= 0.3 is 0 Å². The van der Waals surface area contributed by atoms with Gasteiger partial charge in [-0.3, -0.25) is 9.89 Å². The lowest BCUT2D eigenvalue weighted by atomic mass is 9.79. The standard InChI is InChI=1S/C15H23BrN4O2.ClH/c1-22-9-15(4-6-17-7-5-15)8-18-14(21)13-11(16)12(19-20-13)10-2-3-10;/h10,17H,2-9H2,1H3,(H,18,21)(H,19,20);1H. The maximum absolute atomic E-state index is 12.4. The Morgan fingerprint density at radius 1 is 1.43 bits per heavy atom. The first kappa shape index (κ1) is 18.7. The molecule has 1 aliphatic carbocycles. The third-order valence-electron chi connectivity index (χ3n) is 4.67. The number of amides is 1. The number of hydrogen-bond donors (Lipinski definition) is 3. The predicted octanol–water partition coefficient (Wildman–Crippen LogP) is 2.22. The molecule has 8 heteroatoms. The average molecular weight is 408 g/mol. The first-order valence-corrected chi connectivity index (χ1v) is 8.66. The summed E-state index contributed by atoms with van der Waals surface area (Å²) in [6, 6.07) is 0. The Labute approximate surface area is 151 Å². The monoisotopic (exact) mass is 406 g/mol. The molecule has 1 amide bonds. The highest BCUT2D eigenvalue weighted by Crippen LogP contribution is 2.42. The summed E-state index contributed by atoms with van der Waals surface area (Å²) in [5, 5.41) is 13.6. The maximum Gasteiger partial charge on any atom is 0.272 e. The van der Waals surface area contributed by atoms with Crippen LogP contribution < -0.4 is 10.6 Å². The van der Waals surface area contributed by atoms with Crippen LogP contribution in [0.2, 0.25) is 0 Å². The topological polar surface area (TPSA) is 79.0 Å². The summed E-state index contributed by atoms with van der Waals surface area (Å²) in [6.45, 7) is 3.23. The van der Waals surface area contributed by atoms with E-state index in [1.165, 1.54) is 12.8 Å². The summed E-state index contributed by atoms with van der Waals surface area (Å²) in [6.07, 6.45) is 4.37. The molecule has 23 heavy (non-hydrogen) atoms. The van der Waals surface area contributed by atoms with Crippen LogP contribution in [0.4, 0.5) is 0 Å². The maximum atomic E-state index is 12.4. The smallest absolute Gasteiger partial charge is 0.272 e. The fourth-order valence-corrected chi connectivity index (χ4v) is 3.80. The lowest BCUT2D eigenvalue weighted by Crippen LogP contribution is -2.47. The highest BCUT2D eigenvalue weighted by Gasteiger charge is 2.34. The summed E-state index contributed by atoms with van der Waals surface area (Å²) in [5.74, 6) is 0.414. The Kier molecular flexibility index (Phi) is 6.48. The van der Waals surface area contributed by atoms with Crippen LogP contribution >= 0.6 is 28.3 Å². The second kappa shape index (κ2) is 7.96. The van der Waals surface area contributed by atoms with E-state index in [1.807, 2.05) is 0 Å². The zero-order chi connectivity index (χ0) is 15.6. The van der Waals surface area contributed by atoms with Crippen molar-refractivity contribution in [1.29, 1.82) is 0 Å². The van der Waals surface area contributed by atoms with Gasteiger partial charge in [0.2, 0.25) is 0 Å². The summed E-state index contributed by atoms with van der Waals surface area (Å²) >= 11 is 3.51. The Morgan fingerprint density at radius 2 is 2.13 bits per heavy atom. The van der Waals surface area contributed by atoms with Crippen LogP contribution in [0.1, 0.15) is 47.8 Å². The van der Waals surface area contributed by atoms with E-state index in [2.05, 4.69) is 36.8 Å². The second-order valence-corrected chi connectivity index (χ2v) is 7.23. The van der Waals surface area contributed by atoms with Gasteiger partial charge in [-0.05, 0) is 54.7 Å². The normalized spacial score (nSPS) is 19.9. The van der Waals surface area contributed by atoms with Crippen molar-refractivity contribution in [2.24, 2.45) is 5.41 Å². The number of halogens is 2. The molecule has 0 spiro atoms. The number of carbonyl (C=O) groups excluding carboxylic acids is 1. The molecule has 2 heterocycles. The van der Waals surface area contributed by atoms with Crippen LogP contribution in [-0.2, 0) is 4.74 Å². The fraction of sp³-hybridized carbons (Fsp3) is 0.733. The zero-order valence-corrected chi connectivity index (χ0v) is 15.7. The van der Waals surface area contributed by atoms with Crippen LogP contribution in [-0.4, -0.2) is 49.5 Å². The van der Waals surface area contributed by atoms with Crippen molar-refractivity contribution in [2.75, 3.05) is 33.4 Å². The molecule has 3 rings (SSSR count). The molecule has 1 aromatic rings. The number of methoxy groups -OCH3 is 1. The summed E-state index contributed by atoms with van der Waals surface area (Å²) in [5.41, 5.74) is 1.54. The highest BCUT2D eigenvalue weighted by atomic mass is 79.9. The van der Waals surface area contributed by atoms with Crippen molar-refractivity contribution in [3.8, 4) is 0 Å². The van der Waals surface area contributed by atoms with E-state index in [4.69, 9.17) is 4.74 Å². The number of H-pyrrole nitrogens is 1. The molecule has 0 aromatic carbocycles. The summed E-state index contributed by atoms with van der Waals surface area (Å²) in [7, 11) is 1.72. The van der Waals surface area contributed by atoms with Crippen molar-refractivity contribution in [3.05, 3.63) is 15.9 Å². The number of rotatable bonds is 6.